The van der Waals surface area contributed by atoms with Crippen LogP contribution in [0.2, 0.25) is 0 Å². The second-order valence-electron chi connectivity index (χ2n) is 9.26. The van der Waals surface area contributed by atoms with Gasteiger partial charge < -0.3 is 14.8 Å². The molecule has 5 unspecified atom stereocenters. The third kappa shape index (κ3) is 6.68. The van der Waals surface area contributed by atoms with Gasteiger partial charge in [-0.25, -0.2) is 0 Å². The molecule has 2 saturated heterocycles. The van der Waals surface area contributed by atoms with Gasteiger partial charge in [0, 0.05) is 32.2 Å². The third-order valence-corrected chi connectivity index (χ3v) is 6.60. The van der Waals surface area contributed by atoms with Crippen LogP contribution < -0.4 is 5.32 Å². The van der Waals surface area contributed by atoms with E-state index in [2.05, 4.69) is 35.9 Å². The zero-order valence-electron chi connectivity index (χ0n) is 18.2. The fraction of sp³-hybridized carbons (Fsp3) is 0.955. The molecule has 1 saturated carbocycles. The van der Waals surface area contributed by atoms with Crippen molar-refractivity contribution in [2.24, 2.45) is 5.92 Å². The first-order chi connectivity index (χ1) is 13.5. The molecular formula is C22H41N3O3. The molecule has 1 amide bonds. The Morgan fingerprint density at radius 1 is 1.07 bits per heavy atom. The zero-order valence-corrected chi connectivity index (χ0v) is 18.2. The molecule has 0 aromatic rings. The number of rotatable bonds is 8. The highest BCUT2D eigenvalue weighted by molar-refractivity contribution is 5.78. The van der Waals surface area contributed by atoms with Gasteiger partial charge in [0.25, 0.3) is 0 Å². The molecule has 2 heterocycles. The summed E-state index contributed by atoms with van der Waals surface area (Å²) in [5.74, 6) is 0.788. The van der Waals surface area contributed by atoms with Gasteiger partial charge in [-0.2, -0.15) is 0 Å². The number of carbonyl (C=O) groups is 1. The monoisotopic (exact) mass is 395 g/mol. The SMILES string of the molecule is CC1CN(CC2CCCN2CC(=O)NCCOC2CCCCC2C)CC(C)O1. The number of carbonyl (C=O) groups excluding carboxylic acids is 1. The van der Waals surface area contributed by atoms with Crippen molar-refractivity contribution in [1.82, 2.24) is 15.1 Å². The molecule has 3 fully saturated rings. The van der Waals surface area contributed by atoms with E-state index in [4.69, 9.17) is 9.47 Å². The highest BCUT2D eigenvalue weighted by Gasteiger charge is 2.30. The molecule has 6 heteroatoms. The maximum Gasteiger partial charge on any atom is 0.234 e. The minimum atomic E-state index is 0.135. The van der Waals surface area contributed by atoms with Gasteiger partial charge in [-0.1, -0.05) is 19.8 Å². The van der Waals surface area contributed by atoms with Gasteiger partial charge >= 0.3 is 0 Å². The Hall–Kier alpha value is -0.690. The number of amides is 1. The predicted molar refractivity (Wildman–Crippen MR) is 111 cm³/mol. The lowest BCUT2D eigenvalue weighted by molar-refractivity contribution is -0.123. The van der Waals surface area contributed by atoms with Crippen molar-refractivity contribution in [2.75, 3.05) is 45.9 Å². The maximum absolute atomic E-state index is 12.4. The molecule has 5 atom stereocenters. The van der Waals surface area contributed by atoms with Crippen molar-refractivity contribution in [3.05, 3.63) is 0 Å². The van der Waals surface area contributed by atoms with Gasteiger partial charge in [0.15, 0.2) is 0 Å². The van der Waals surface area contributed by atoms with Crippen LogP contribution in [-0.2, 0) is 14.3 Å². The Labute approximate surface area is 171 Å². The van der Waals surface area contributed by atoms with Crippen molar-refractivity contribution in [1.29, 1.82) is 0 Å². The minimum Gasteiger partial charge on any atom is -0.376 e. The van der Waals surface area contributed by atoms with Gasteiger partial charge in [-0.15, -0.1) is 0 Å². The van der Waals surface area contributed by atoms with Gasteiger partial charge in [-0.3, -0.25) is 14.6 Å². The second-order valence-corrected chi connectivity index (χ2v) is 9.26. The second kappa shape index (κ2) is 10.9. The van der Waals surface area contributed by atoms with E-state index >= 15 is 0 Å². The first kappa shape index (κ1) is 22.0. The molecule has 1 N–H and O–H groups in total. The fourth-order valence-corrected chi connectivity index (χ4v) is 5.21. The fourth-order valence-electron chi connectivity index (χ4n) is 5.21. The van der Waals surface area contributed by atoms with Gasteiger partial charge in [-0.05, 0) is 52.0 Å². The summed E-state index contributed by atoms with van der Waals surface area (Å²) >= 11 is 0. The number of hydrogen-bond acceptors (Lipinski definition) is 5. The van der Waals surface area contributed by atoms with Crippen LogP contribution in [0.3, 0.4) is 0 Å². The Morgan fingerprint density at radius 2 is 1.82 bits per heavy atom. The van der Waals surface area contributed by atoms with E-state index < -0.39 is 0 Å². The molecule has 0 spiro atoms. The van der Waals surface area contributed by atoms with Gasteiger partial charge in [0.1, 0.15) is 0 Å². The van der Waals surface area contributed by atoms with Crippen LogP contribution in [0, 0.1) is 5.92 Å². The first-order valence-corrected chi connectivity index (χ1v) is 11.5. The highest BCUT2D eigenvalue weighted by Crippen LogP contribution is 2.26. The van der Waals surface area contributed by atoms with Crippen LogP contribution in [0.1, 0.15) is 59.3 Å². The number of nitrogens with zero attached hydrogens (tertiary/aromatic N) is 2. The van der Waals surface area contributed by atoms with E-state index in [1.54, 1.807) is 0 Å². The Balaban J connectivity index is 1.33. The van der Waals surface area contributed by atoms with Crippen molar-refractivity contribution >= 4 is 5.91 Å². The summed E-state index contributed by atoms with van der Waals surface area (Å²) in [5.41, 5.74) is 0. The highest BCUT2D eigenvalue weighted by atomic mass is 16.5. The minimum absolute atomic E-state index is 0.135. The van der Waals surface area contributed by atoms with Crippen LogP contribution in [0.4, 0.5) is 0 Å². The number of nitrogens with one attached hydrogen (secondary N) is 1. The molecule has 6 nitrogen and oxygen atoms in total. The van der Waals surface area contributed by atoms with Gasteiger partial charge in [0.05, 0.1) is 31.5 Å². The van der Waals surface area contributed by atoms with Crippen molar-refractivity contribution in [2.45, 2.75) is 83.6 Å². The average Bonchev–Trinajstić information content (AvgIpc) is 3.06. The van der Waals surface area contributed by atoms with Crippen LogP contribution in [0.25, 0.3) is 0 Å². The lowest BCUT2D eigenvalue weighted by Crippen LogP contribution is -2.51. The molecule has 0 radical (unpaired) electrons. The Morgan fingerprint density at radius 3 is 2.57 bits per heavy atom. The molecule has 0 aromatic heterocycles. The lowest BCUT2D eigenvalue weighted by Gasteiger charge is -2.38. The molecule has 1 aliphatic carbocycles. The standard InChI is InChI=1S/C22H41N3O3/c1-17-7-4-5-9-21(17)27-12-10-23-22(26)16-25-11-6-8-20(25)15-24-13-18(2)28-19(3)14-24/h17-21H,4-16H2,1-3H3,(H,23,26). The quantitative estimate of drug-likeness (QED) is 0.639. The van der Waals surface area contributed by atoms with E-state index in [9.17, 15) is 4.79 Å². The van der Waals surface area contributed by atoms with Crippen molar-refractivity contribution in [3.63, 3.8) is 0 Å². The van der Waals surface area contributed by atoms with E-state index in [1.165, 1.54) is 38.5 Å². The topological polar surface area (TPSA) is 54.0 Å². The molecule has 0 aromatic carbocycles. The lowest BCUT2D eigenvalue weighted by atomic mass is 9.88. The molecule has 28 heavy (non-hydrogen) atoms. The molecule has 2 aliphatic heterocycles. The smallest absolute Gasteiger partial charge is 0.234 e. The van der Waals surface area contributed by atoms with E-state index in [0.717, 1.165) is 26.2 Å². The van der Waals surface area contributed by atoms with E-state index in [1.807, 2.05) is 0 Å². The van der Waals surface area contributed by atoms with E-state index in [0.29, 0.717) is 50.0 Å². The third-order valence-electron chi connectivity index (χ3n) is 6.60. The van der Waals surface area contributed by atoms with Gasteiger partial charge in [0.2, 0.25) is 5.91 Å². The summed E-state index contributed by atoms with van der Waals surface area (Å²) in [6.45, 7) is 12.4. The molecule has 3 aliphatic rings. The Kier molecular flexibility index (Phi) is 8.57. The summed E-state index contributed by atoms with van der Waals surface area (Å²) in [7, 11) is 0. The zero-order chi connectivity index (χ0) is 19.9. The number of morpholine rings is 1. The summed E-state index contributed by atoms with van der Waals surface area (Å²) < 4.78 is 11.9. The molecule has 0 bridgehead atoms. The summed E-state index contributed by atoms with van der Waals surface area (Å²) in [6.07, 6.45) is 8.41. The number of likely N-dealkylation sites (tertiary alicyclic amines) is 1. The van der Waals surface area contributed by atoms with Crippen molar-refractivity contribution in [3.8, 4) is 0 Å². The van der Waals surface area contributed by atoms with Crippen LogP contribution in [0.15, 0.2) is 0 Å². The normalized spacial score (nSPS) is 35.2. The van der Waals surface area contributed by atoms with Crippen molar-refractivity contribution < 1.29 is 14.3 Å². The average molecular weight is 396 g/mol. The number of ether oxygens (including phenoxy) is 2. The predicted octanol–water partition coefficient (Wildman–Crippen LogP) is 2.27. The Bertz CT molecular complexity index is 480. The van der Waals surface area contributed by atoms with Crippen LogP contribution in [0.5, 0.6) is 0 Å². The summed E-state index contributed by atoms with van der Waals surface area (Å²) in [5, 5.41) is 3.06. The maximum atomic E-state index is 12.4. The molecule has 3 rings (SSSR count). The van der Waals surface area contributed by atoms with E-state index in [-0.39, 0.29) is 5.91 Å². The first-order valence-electron chi connectivity index (χ1n) is 11.5. The van der Waals surface area contributed by atoms with Crippen LogP contribution in [-0.4, -0.2) is 85.9 Å². The largest absolute Gasteiger partial charge is 0.376 e. The molecular weight excluding hydrogens is 354 g/mol. The molecule has 162 valence electrons. The van der Waals surface area contributed by atoms with Crippen LogP contribution >= 0.6 is 0 Å². The number of hydrogen-bond donors (Lipinski definition) is 1. The summed E-state index contributed by atoms with van der Waals surface area (Å²) in [6, 6.07) is 0.489. The summed E-state index contributed by atoms with van der Waals surface area (Å²) in [4.78, 5) is 17.3.